The summed E-state index contributed by atoms with van der Waals surface area (Å²) in [5.41, 5.74) is 0.670. The van der Waals surface area contributed by atoms with Crippen LogP contribution in [0.25, 0.3) is 0 Å². The molecule has 1 heteroatoms. The van der Waals surface area contributed by atoms with Gasteiger partial charge in [-0.25, -0.2) is 0 Å². The quantitative estimate of drug-likeness (QED) is 0.592. The highest BCUT2D eigenvalue weighted by Gasteiger charge is 2.56. The maximum absolute atomic E-state index is 2.69. The van der Waals surface area contributed by atoms with Crippen molar-refractivity contribution in [1.82, 2.24) is 4.90 Å². The minimum absolute atomic E-state index is 0.670. The first-order chi connectivity index (χ1) is 6.05. The van der Waals surface area contributed by atoms with Gasteiger partial charge in [-0.3, -0.25) is 4.90 Å². The fourth-order valence-electron chi connectivity index (χ4n) is 3.13. The molecular weight excluding hydrogens is 158 g/mol. The van der Waals surface area contributed by atoms with Crippen molar-refractivity contribution in [3.8, 4) is 0 Å². The van der Waals surface area contributed by atoms with E-state index in [0.717, 1.165) is 17.9 Å². The number of hydrogen-bond donors (Lipinski definition) is 0. The second kappa shape index (κ2) is 2.98. The number of rotatable bonds is 2. The molecule has 0 N–H and O–H groups in total. The molecule has 1 heterocycles. The van der Waals surface area contributed by atoms with Crippen LogP contribution in [0.15, 0.2) is 0 Å². The monoisotopic (exact) mass is 181 g/mol. The zero-order valence-electron chi connectivity index (χ0n) is 9.51. The molecule has 0 radical (unpaired) electrons. The van der Waals surface area contributed by atoms with Gasteiger partial charge in [-0.15, -0.1) is 0 Å². The highest BCUT2D eigenvalue weighted by Crippen LogP contribution is 2.51. The van der Waals surface area contributed by atoms with Crippen LogP contribution < -0.4 is 0 Å². The molecule has 0 amide bonds. The van der Waals surface area contributed by atoms with E-state index in [1.165, 1.54) is 25.8 Å². The van der Waals surface area contributed by atoms with E-state index in [0.29, 0.717) is 5.54 Å². The molecule has 76 valence electrons. The van der Waals surface area contributed by atoms with Crippen molar-refractivity contribution in [3.05, 3.63) is 0 Å². The van der Waals surface area contributed by atoms with Gasteiger partial charge in [0.25, 0.3) is 0 Å². The first-order valence-electron chi connectivity index (χ1n) is 5.82. The summed E-state index contributed by atoms with van der Waals surface area (Å²) in [4.78, 5) is 2.69. The van der Waals surface area contributed by atoms with Gasteiger partial charge in [0.05, 0.1) is 0 Å². The Morgan fingerprint density at radius 2 is 1.92 bits per heavy atom. The smallest absolute Gasteiger partial charge is 0.0343 e. The zero-order valence-corrected chi connectivity index (χ0v) is 9.51. The van der Waals surface area contributed by atoms with Gasteiger partial charge in [0.1, 0.15) is 0 Å². The van der Waals surface area contributed by atoms with Crippen LogP contribution in [-0.4, -0.2) is 23.0 Å². The lowest BCUT2D eigenvalue weighted by atomic mass is 9.93. The third-order valence-corrected chi connectivity index (χ3v) is 4.16. The molecule has 0 aromatic heterocycles. The van der Waals surface area contributed by atoms with Crippen LogP contribution in [0.4, 0.5) is 0 Å². The largest absolute Gasteiger partial charge is 0.292 e. The fourth-order valence-corrected chi connectivity index (χ4v) is 3.13. The van der Waals surface area contributed by atoms with Crippen LogP contribution in [0.1, 0.15) is 47.0 Å². The molecular formula is C12H23N. The van der Waals surface area contributed by atoms with Gasteiger partial charge in [0.2, 0.25) is 0 Å². The van der Waals surface area contributed by atoms with Gasteiger partial charge in [0.15, 0.2) is 0 Å². The summed E-state index contributed by atoms with van der Waals surface area (Å²) < 4.78 is 0. The Morgan fingerprint density at radius 1 is 1.23 bits per heavy atom. The second-order valence-electron chi connectivity index (χ2n) is 5.69. The standard InChI is InChI=1S/C12H23N/c1-9(2)11-5-6-12(7-11)8-13(12)10(3)4/h9-11H,5-8H2,1-4H3. The van der Waals surface area contributed by atoms with E-state index in [1.54, 1.807) is 0 Å². The second-order valence-corrected chi connectivity index (χ2v) is 5.69. The topological polar surface area (TPSA) is 3.01 Å². The average Bonchev–Trinajstić information content (AvgIpc) is 2.52. The molecule has 3 unspecified atom stereocenters. The van der Waals surface area contributed by atoms with Crippen molar-refractivity contribution < 1.29 is 0 Å². The zero-order chi connectivity index (χ0) is 9.64. The molecule has 1 spiro atoms. The lowest BCUT2D eigenvalue weighted by Gasteiger charge is -2.16. The van der Waals surface area contributed by atoms with Gasteiger partial charge in [0, 0.05) is 18.1 Å². The predicted octanol–water partition coefficient (Wildman–Crippen LogP) is 2.91. The van der Waals surface area contributed by atoms with Gasteiger partial charge in [-0.05, 0) is 44.9 Å². The van der Waals surface area contributed by atoms with Crippen molar-refractivity contribution in [2.75, 3.05) is 6.54 Å². The van der Waals surface area contributed by atoms with Crippen LogP contribution >= 0.6 is 0 Å². The molecule has 1 saturated heterocycles. The third-order valence-electron chi connectivity index (χ3n) is 4.16. The number of nitrogens with zero attached hydrogens (tertiary/aromatic N) is 1. The Hall–Kier alpha value is -0.0400. The Bertz CT molecular complexity index is 189. The van der Waals surface area contributed by atoms with E-state index < -0.39 is 0 Å². The maximum atomic E-state index is 2.69. The maximum Gasteiger partial charge on any atom is 0.0343 e. The van der Waals surface area contributed by atoms with Gasteiger partial charge in [-0.1, -0.05) is 13.8 Å². The van der Waals surface area contributed by atoms with Gasteiger partial charge in [-0.2, -0.15) is 0 Å². The van der Waals surface area contributed by atoms with E-state index in [1.807, 2.05) is 0 Å². The Morgan fingerprint density at radius 3 is 2.31 bits per heavy atom. The molecule has 2 rings (SSSR count). The minimum atomic E-state index is 0.670. The first kappa shape index (κ1) is 9.51. The minimum Gasteiger partial charge on any atom is -0.292 e. The molecule has 2 aliphatic rings. The van der Waals surface area contributed by atoms with Crippen molar-refractivity contribution in [2.45, 2.75) is 58.5 Å². The van der Waals surface area contributed by atoms with E-state index in [9.17, 15) is 0 Å². The normalized spacial score (nSPS) is 43.8. The Labute approximate surface area is 82.5 Å². The van der Waals surface area contributed by atoms with Gasteiger partial charge >= 0.3 is 0 Å². The van der Waals surface area contributed by atoms with Crippen molar-refractivity contribution in [2.24, 2.45) is 11.8 Å². The Kier molecular flexibility index (Phi) is 2.18. The molecule has 1 saturated carbocycles. The molecule has 3 atom stereocenters. The van der Waals surface area contributed by atoms with Crippen LogP contribution in [0.2, 0.25) is 0 Å². The summed E-state index contributed by atoms with van der Waals surface area (Å²) in [6, 6.07) is 0.769. The van der Waals surface area contributed by atoms with Gasteiger partial charge < -0.3 is 0 Å². The van der Waals surface area contributed by atoms with Crippen LogP contribution in [-0.2, 0) is 0 Å². The molecule has 1 aliphatic carbocycles. The van der Waals surface area contributed by atoms with E-state index in [2.05, 4.69) is 32.6 Å². The summed E-state index contributed by atoms with van der Waals surface area (Å²) >= 11 is 0. The highest BCUT2D eigenvalue weighted by molar-refractivity contribution is 5.12. The van der Waals surface area contributed by atoms with Crippen LogP contribution in [0, 0.1) is 11.8 Å². The first-order valence-corrected chi connectivity index (χ1v) is 5.82. The lowest BCUT2D eigenvalue weighted by molar-refractivity contribution is 0.324. The van der Waals surface area contributed by atoms with E-state index in [4.69, 9.17) is 0 Å². The average molecular weight is 181 g/mol. The molecule has 13 heavy (non-hydrogen) atoms. The summed E-state index contributed by atoms with van der Waals surface area (Å²) in [5, 5.41) is 0. The molecule has 0 aromatic rings. The third kappa shape index (κ3) is 1.52. The molecule has 2 fully saturated rings. The summed E-state index contributed by atoms with van der Waals surface area (Å²) in [6.45, 7) is 10.8. The van der Waals surface area contributed by atoms with E-state index in [-0.39, 0.29) is 0 Å². The highest BCUT2D eigenvalue weighted by atomic mass is 15.4. The van der Waals surface area contributed by atoms with E-state index >= 15 is 0 Å². The molecule has 1 nitrogen and oxygen atoms in total. The van der Waals surface area contributed by atoms with Crippen molar-refractivity contribution in [3.63, 3.8) is 0 Å². The molecule has 0 aromatic carbocycles. The van der Waals surface area contributed by atoms with Crippen LogP contribution in [0.5, 0.6) is 0 Å². The Balaban J connectivity index is 1.93. The fraction of sp³-hybridized carbons (Fsp3) is 1.00. The summed E-state index contributed by atoms with van der Waals surface area (Å²) in [5.74, 6) is 1.90. The van der Waals surface area contributed by atoms with Crippen molar-refractivity contribution in [1.29, 1.82) is 0 Å². The predicted molar refractivity (Wildman–Crippen MR) is 56.8 cm³/mol. The lowest BCUT2D eigenvalue weighted by Crippen LogP contribution is -2.21. The summed E-state index contributed by atoms with van der Waals surface area (Å²) in [7, 11) is 0. The van der Waals surface area contributed by atoms with Crippen LogP contribution in [0.3, 0.4) is 0 Å². The van der Waals surface area contributed by atoms with Crippen molar-refractivity contribution >= 4 is 0 Å². The molecule has 0 bridgehead atoms. The number of hydrogen-bond acceptors (Lipinski definition) is 1. The summed E-state index contributed by atoms with van der Waals surface area (Å²) in [6.07, 6.45) is 4.41. The molecule has 1 aliphatic heterocycles. The SMILES string of the molecule is CC(C)C1CCC2(C1)CN2C(C)C.